The summed E-state index contributed by atoms with van der Waals surface area (Å²) < 4.78 is 0. The number of hydrogen-bond donors (Lipinski definition) is 1. The van der Waals surface area contributed by atoms with Crippen LogP contribution in [-0.2, 0) is 0 Å². The van der Waals surface area contributed by atoms with Crippen molar-refractivity contribution in [2.24, 2.45) is 0 Å². The van der Waals surface area contributed by atoms with Gasteiger partial charge in [0.2, 0.25) is 0 Å². The van der Waals surface area contributed by atoms with Crippen molar-refractivity contribution in [1.82, 2.24) is 14.9 Å². The second kappa shape index (κ2) is 9.46. The molecule has 0 radical (unpaired) electrons. The number of nitrogens with zero attached hydrogens (tertiary/aromatic N) is 3. The molecule has 138 valence electrons. The van der Waals surface area contributed by atoms with E-state index < -0.39 is 0 Å². The zero-order valence-electron chi connectivity index (χ0n) is 14.2. The summed E-state index contributed by atoms with van der Waals surface area (Å²) >= 11 is 13.7. The molecule has 2 aromatic rings. The summed E-state index contributed by atoms with van der Waals surface area (Å²) in [5.41, 5.74) is 0.962. The molecule has 0 atom stereocenters. The minimum Gasteiger partial charge on any atom is -0.369 e. The molecule has 0 aliphatic carbocycles. The Morgan fingerprint density at radius 3 is 2.54 bits per heavy atom. The van der Waals surface area contributed by atoms with Crippen molar-refractivity contribution in [3.8, 4) is 0 Å². The first-order valence-electron chi connectivity index (χ1n) is 8.37. The molecule has 1 aliphatic rings. The predicted octanol–water partition coefficient (Wildman–Crippen LogP) is 3.55. The Labute approximate surface area is 167 Å². The third kappa shape index (κ3) is 5.77. The summed E-state index contributed by atoms with van der Waals surface area (Å²) in [6.07, 6.45) is 5.80. The molecule has 1 N–H and O–H groups in total. The molecule has 5 nitrogen and oxygen atoms in total. The van der Waals surface area contributed by atoms with Crippen LogP contribution < -0.4 is 10.5 Å². The van der Waals surface area contributed by atoms with E-state index in [0.717, 1.165) is 44.2 Å². The number of piperazine rings is 1. The molecular weight excluding hydrogens is 391 g/mol. The fourth-order valence-corrected chi connectivity index (χ4v) is 3.97. The van der Waals surface area contributed by atoms with E-state index >= 15 is 0 Å². The van der Waals surface area contributed by atoms with E-state index in [1.54, 1.807) is 6.07 Å². The highest BCUT2D eigenvalue weighted by atomic mass is 35.5. The number of aromatic nitrogens is 2. The Hall–Kier alpha value is -1.47. The molecule has 1 aliphatic heterocycles. The molecule has 1 saturated heterocycles. The minimum absolute atomic E-state index is 0.120. The average Bonchev–Trinajstić information content (AvgIpc) is 2.61. The first kappa shape index (κ1) is 19.3. The van der Waals surface area contributed by atoms with Crippen LogP contribution in [0.2, 0.25) is 10.0 Å². The van der Waals surface area contributed by atoms with Crippen LogP contribution in [0.25, 0.3) is 0 Å². The summed E-state index contributed by atoms with van der Waals surface area (Å²) in [6.45, 7) is 4.82. The van der Waals surface area contributed by atoms with E-state index in [2.05, 4.69) is 31.9 Å². The molecular formula is C18H20Cl2N4OS. The first-order chi connectivity index (χ1) is 12.6. The summed E-state index contributed by atoms with van der Waals surface area (Å²) in [6, 6.07) is 7.09. The van der Waals surface area contributed by atoms with Gasteiger partial charge in [0, 0.05) is 66.5 Å². The second-order valence-corrected chi connectivity index (χ2v) is 7.82. The molecule has 0 saturated carbocycles. The fraction of sp³-hybridized carbons (Fsp3) is 0.333. The van der Waals surface area contributed by atoms with Crippen LogP contribution in [0.15, 0.2) is 52.6 Å². The topological polar surface area (TPSA) is 52.2 Å². The predicted molar refractivity (Wildman–Crippen MR) is 110 cm³/mol. The van der Waals surface area contributed by atoms with E-state index in [9.17, 15) is 4.79 Å². The molecule has 2 heterocycles. The molecule has 8 heteroatoms. The average molecular weight is 411 g/mol. The normalized spacial score (nSPS) is 15.7. The lowest BCUT2D eigenvalue weighted by molar-refractivity contribution is 0.284. The first-order valence-corrected chi connectivity index (χ1v) is 10.1. The quantitative estimate of drug-likeness (QED) is 0.448. The standard InChI is InChI=1S/C18H20Cl2N4OS/c19-14-11-15(20)13-16(12-14)24-8-6-23(7-9-24)5-1-2-10-26-18-21-4-3-17(25)22-18/h1-4,11-13H,5-10H2,(H,21,22,25)/b2-1+. The van der Waals surface area contributed by atoms with Gasteiger partial charge in [-0.15, -0.1) is 0 Å². The number of rotatable bonds is 6. The van der Waals surface area contributed by atoms with Gasteiger partial charge in [-0.05, 0) is 18.2 Å². The van der Waals surface area contributed by atoms with Crippen molar-refractivity contribution in [2.45, 2.75) is 5.16 Å². The van der Waals surface area contributed by atoms with Crippen molar-refractivity contribution in [2.75, 3.05) is 43.4 Å². The molecule has 1 aromatic carbocycles. The van der Waals surface area contributed by atoms with E-state index in [1.165, 1.54) is 24.0 Å². The largest absolute Gasteiger partial charge is 0.369 e. The van der Waals surface area contributed by atoms with E-state index in [1.807, 2.05) is 12.1 Å². The van der Waals surface area contributed by atoms with Gasteiger partial charge in [-0.1, -0.05) is 47.1 Å². The van der Waals surface area contributed by atoms with Gasteiger partial charge >= 0.3 is 0 Å². The maximum absolute atomic E-state index is 11.2. The number of halogens is 2. The third-order valence-corrected chi connectivity index (χ3v) is 5.36. The molecule has 26 heavy (non-hydrogen) atoms. The zero-order chi connectivity index (χ0) is 18.4. The van der Waals surface area contributed by atoms with Crippen molar-refractivity contribution in [1.29, 1.82) is 0 Å². The Morgan fingerprint density at radius 2 is 1.85 bits per heavy atom. The van der Waals surface area contributed by atoms with Crippen molar-refractivity contribution < 1.29 is 0 Å². The van der Waals surface area contributed by atoms with E-state index in [0.29, 0.717) is 15.2 Å². The second-order valence-electron chi connectivity index (χ2n) is 5.94. The number of benzene rings is 1. The lowest BCUT2D eigenvalue weighted by Gasteiger charge is -2.35. The Kier molecular flexibility index (Phi) is 7.02. The molecule has 1 fully saturated rings. The summed E-state index contributed by atoms with van der Waals surface area (Å²) in [5, 5.41) is 1.99. The maximum atomic E-state index is 11.2. The van der Waals surface area contributed by atoms with Gasteiger partial charge in [-0.25, -0.2) is 4.98 Å². The van der Waals surface area contributed by atoms with Crippen LogP contribution in [0.1, 0.15) is 0 Å². The number of thioether (sulfide) groups is 1. The van der Waals surface area contributed by atoms with Gasteiger partial charge in [-0.3, -0.25) is 9.69 Å². The molecule has 0 amide bonds. The number of hydrogen-bond acceptors (Lipinski definition) is 5. The zero-order valence-corrected chi connectivity index (χ0v) is 16.5. The Balaban J connectivity index is 1.40. The number of anilines is 1. The molecule has 0 bridgehead atoms. The van der Waals surface area contributed by atoms with Gasteiger partial charge in [0.25, 0.3) is 5.56 Å². The van der Waals surface area contributed by atoms with Crippen molar-refractivity contribution >= 4 is 40.7 Å². The monoisotopic (exact) mass is 410 g/mol. The van der Waals surface area contributed by atoms with Crippen LogP contribution in [0.3, 0.4) is 0 Å². The van der Waals surface area contributed by atoms with Gasteiger partial charge < -0.3 is 9.88 Å². The van der Waals surface area contributed by atoms with Crippen molar-refractivity contribution in [3.05, 3.63) is 63.0 Å². The van der Waals surface area contributed by atoms with Gasteiger partial charge in [0.05, 0.1) is 0 Å². The maximum Gasteiger partial charge on any atom is 0.251 e. The molecule has 0 spiro atoms. The SMILES string of the molecule is O=c1ccnc(SC/C=C/CN2CCN(c3cc(Cl)cc(Cl)c3)CC2)[nH]1. The molecule has 3 rings (SSSR count). The highest BCUT2D eigenvalue weighted by Crippen LogP contribution is 2.26. The van der Waals surface area contributed by atoms with Crippen LogP contribution >= 0.6 is 35.0 Å². The smallest absolute Gasteiger partial charge is 0.251 e. The fourth-order valence-electron chi connectivity index (χ4n) is 2.75. The minimum atomic E-state index is -0.120. The van der Waals surface area contributed by atoms with Gasteiger partial charge in [0.15, 0.2) is 5.16 Å². The lowest BCUT2D eigenvalue weighted by Crippen LogP contribution is -2.46. The van der Waals surface area contributed by atoms with Gasteiger partial charge in [0.1, 0.15) is 0 Å². The highest BCUT2D eigenvalue weighted by Gasteiger charge is 2.16. The lowest BCUT2D eigenvalue weighted by atomic mass is 10.2. The summed E-state index contributed by atoms with van der Waals surface area (Å²) in [4.78, 5) is 22.7. The Morgan fingerprint density at radius 1 is 1.12 bits per heavy atom. The summed E-state index contributed by atoms with van der Waals surface area (Å²) in [5.74, 6) is 0.786. The van der Waals surface area contributed by atoms with Crippen LogP contribution in [-0.4, -0.2) is 53.3 Å². The van der Waals surface area contributed by atoms with Crippen LogP contribution in [0, 0.1) is 0 Å². The van der Waals surface area contributed by atoms with Crippen LogP contribution in [0.5, 0.6) is 0 Å². The highest BCUT2D eigenvalue weighted by molar-refractivity contribution is 7.99. The Bertz CT molecular complexity index is 799. The molecule has 1 aromatic heterocycles. The summed E-state index contributed by atoms with van der Waals surface area (Å²) in [7, 11) is 0. The van der Waals surface area contributed by atoms with E-state index in [-0.39, 0.29) is 5.56 Å². The molecule has 0 unspecified atom stereocenters. The number of nitrogens with one attached hydrogen (secondary N) is 1. The van der Waals surface area contributed by atoms with Gasteiger partial charge in [-0.2, -0.15) is 0 Å². The number of H-pyrrole nitrogens is 1. The van der Waals surface area contributed by atoms with Crippen molar-refractivity contribution in [3.63, 3.8) is 0 Å². The van der Waals surface area contributed by atoms with E-state index in [4.69, 9.17) is 23.2 Å². The van der Waals surface area contributed by atoms with Crippen LogP contribution in [0.4, 0.5) is 5.69 Å². The number of aromatic amines is 1. The third-order valence-electron chi connectivity index (χ3n) is 4.08.